The summed E-state index contributed by atoms with van der Waals surface area (Å²) in [5.74, 6) is 0.137. The molecule has 0 saturated heterocycles. The van der Waals surface area contributed by atoms with E-state index >= 15 is 0 Å². The highest BCUT2D eigenvalue weighted by Gasteiger charge is 2.20. The zero-order valence-electron chi connectivity index (χ0n) is 11.5. The van der Waals surface area contributed by atoms with Crippen LogP contribution >= 0.6 is 0 Å². The molecule has 1 aliphatic rings. The predicted octanol–water partition coefficient (Wildman–Crippen LogP) is 3.88. The van der Waals surface area contributed by atoms with Crippen LogP contribution in [0.25, 0.3) is 5.57 Å². The van der Waals surface area contributed by atoms with Crippen molar-refractivity contribution < 1.29 is 4.92 Å². The summed E-state index contributed by atoms with van der Waals surface area (Å²) in [6.45, 7) is 6.69. The van der Waals surface area contributed by atoms with Gasteiger partial charge in [-0.2, -0.15) is 0 Å². The summed E-state index contributed by atoms with van der Waals surface area (Å²) in [5.41, 5.74) is 4.30. The highest BCUT2D eigenvalue weighted by Crippen LogP contribution is 2.33. The molecular weight excluding hydrogens is 240 g/mol. The maximum atomic E-state index is 11.1. The molecule has 0 bridgehead atoms. The fourth-order valence-electron chi connectivity index (χ4n) is 2.39. The smallest absolute Gasteiger partial charge is 0.273 e. The molecule has 1 aliphatic heterocycles. The number of aryl methyl sites for hydroxylation is 1. The van der Waals surface area contributed by atoms with Gasteiger partial charge in [0.15, 0.2) is 0 Å². The largest absolute Gasteiger partial charge is 0.293 e. The first kappa shape index (κ1) is 13.5. The topological polar surface area (TPSA) is 55.5 Å². The van der Waals surface area contributed by atoms with Crippen molar-refractivity contribution in [3.8, 4) is 0 Å². The molecule has 0 fully saturated rings. The number of dihydropyridines is 1. The van der Waals surface area contributed by atoms with Crippen LogP contribution in [0.5, 0.6) is 0 Å². The fourth-order valence-corrected chi connectivity index (χ4v) is 2.39. The molecule has 0 atom stereocenters. The highest BCUT2D eigenvalue weighted by atomic mass is 16.6. The molecule has 4 heteroatoms. The van der Waals surface area contributed by atoms with E-state index in [0.29, 0.717) is 0 Å². The van der Waals surface area contributed by atoms with Gasteiger partial charge in [-0.3, -0.25) is 15.1 Å². The molecule has 0 N–H and O–H groups in total. The molecule has 1 aromatic rings. The van der Waals surface area contributed by atoms with Gasteiger partial charge in [0.1, 0.15) is 0 Å². The van der Waals surface area contributed by atoms with E-state index in [1.54, 1.807) is 6.07 Å². The number of nitro groups is 1. The quantitative estimate of drug-likeness (QED) is 0.610. The molecule has 100 valence electrons. The highest BCUT2D eigenvalue weighted by molar-refractivity contribution is 5.87. The minimum atomic E-state index is -0.289. The molecule has 0 aliphatic carbocycles. The Hall–Kier alpha value is -1.97. The fraction of sp³-hybridized carbons (Fsp3) is 0.400. The van der Waals surface area contributed by atoms with Gasteiger partial charge in [-0.25, -0.2) is 0 Å². The summed E-state index contributed by atoms with van der Waals surface area (Å²) >= 11 is 0. The lowest BCUT2D eigenvalue weighted by molar-refractivity contribution is -0.385. The van der Waals surface area contributed by atoms with Crippen LogP contribution < -0.4 is 0 Å². The molecule has 0 amide bonds. The Balaban J connectivity index is 2.57. The minimum absolute atomic E-state index is 0.137. The second-order valence-corrected chi connectivity index (χ2v) is 5.13. The Morgan fingerprint density at radius 2 is 2.11 bits per heavy atom. The van der Waals surface area contributed by atoms with Crippen LogP contribution in [-0.4, -0.2) is 17.7 Å². The third-order valence-electron chi connectivity index (χ3n) is 3.43. The summed E-state index contributed by atoms with van der Waals surface area (Å²) in [6, 6.07) is 3.67. The third kappa shape index (κ3) is 2.72. The monoisotopic (exact) mass is 258 g/mol. The number of nitrogens with zero attached hydrogens (tertiary/aromatic N) is 2. The van der Waals surface area contributed by atoms with Crippen LogP contribution in [0.1, 0.15) is 42.9 Å². The van der Waals surface area contributed by atoms with Crippen LogP contribution in [0.4, 0.5) is 5.69 Å². The molecule has 19 heavy (non-hydrogen) atoms. The van der Waals surface area contributed by atoms with E-state index in [4.69, 9.17) is 0 Å². The van der Waals surface area contributed by atoms with E-state index in [9.17, 15) is 10.1 Å². The predicted molar refractivity (Wildman–Crippen MR) is 77.9 cm³/mol. The number of hydrogen-bond acceptors (Lipinski definition) is 3. The van der Waals surface area contributed by atoms with Crippen LogP contribution in [0.2, 0.25) is 0 Å². The minimum Gasteiger partial charge on any atom is -0.293 e. The van der Waals surface area contributed by atoms with E-state index in [0.717, 1.165) is 29.7 Å². The van der Waals surface area contributed by atoms with Gasteiger partial charge in [0, 0.05) is 24.4 Å². The second kappa shape index (κ2) is 5.34. The number of hydrogen-bond donors (Lipinski definition) is 0. The molecular formula is C15H18N2O2. The van der Waals surface area contributed by atoms with Crippen LogP contribution in [0.15, 0.2) is 23.2 Å². The molecule has 1 heterocycles. The van der Waals surface area contributed by atoms with Crippen molar-refractivity contribution in [2.75, 3.05) is 6.54 Å². The van der Waals surface area contributed by atoms with E-state index in [-0.39, 0.29) is 16.5 Å². The second-order valence-electron chi connectivity index (χ2n) is 5.13. The normalized spacial score (nSPS) is 14.6. The SMILES string of the molecule is Cc1cc([N+](=O)[O-])c(C(C)C)cc1C1=CC=NCC1. The first-order valence-corrected chi connectivity index (χ1v) is 6.49. The molecule has 0 spiro atoms. The first-order chi connectivity index (χ1) is 9.00. The number of aliphatic imine (C=N–C) groups is 1. The van der Waals surface area contributed by atoms with Gasteiger partial charge in [-0.15, -0.1) is 0 Å². The lowest BCUT2D eigenvalue weighted by Gasteiger charge is -2.15. The van der Waals surface area contributed by atoms with Gasteiger partial charge < -0.3 is 0 Å². The van der Waals surface area contributed by atoms with Gasteiger partial charge in [-0.1, -0.05) is 13.8 Å². The van der Waals surface area contributed by atoms with Crippen molar-refractivity contribution in [3.05, 3.63) is 45.0 Å². The number of benzene rings is 1. The molecule has 1 aromatic carbocycles. The molecule has 0 unspecified atom stereocenters. The Morgan fingerprint density at radius 1 is 1.37 bits per heavy atom. The standard InChI is InChI=1S/C15H18N2O2/c1-10(2)13-9-14(12-4-6-16-7-5-12)11(3)8-15(13)17(18)19/h4,6,8-10H,5,7H2,1-3H3. The Labute approximate surface area is 113 Å². The van der Waals surface area contributed by atoms with E-state index in [1.807, 2.05) is 39.1 Å². The summed E-state index contributed by atoms with van der Waals surface area (Å²) < 4.78 is 0. The average molecular weight is 258 g/mol. The van der Waals surface area contributed by atoms with Gasteiger partial charge >= 0.3 is 0 Å². The molecule has 0 aromatic heterocycles. The van der Waals surface area contributed by atoms with Crippen LogP contribution in [-0.2, 0) is 0 Å². The van der Waals surface area contributed by atoms with Gasteiger partial charge in [0.05, 0.1) is 4.92 Å². The zero-order chi connectivity index (χ0) is 14.0. The Bertz CT molecular complexity index is 572. The maximum absolute atomic E-state index is 11.1. The van der Waals surface area contributed by atoms with Gasteiger partial charge in [0.25, 0.3) is 5.69 Å². The van der Waals surface area contributed by atoms with Crippen molar-refractivity contribution in [3.63, 3.8) is 0 Å². The number of allylic oxidation sites excluding steroid dienone is 1. The van der Waals surface area contributed by atoms with Crippen molar-refractivity contribution in [1.29, 1.82) is 0 Å². The number of rotatable bonds is 3. The molecule has 2 rings (SSSR count). The summed E-state index contributed by atoms with van der Waals surface area (Å²) in [7, 11) is 0. The van der Waals surface area contributed by atoms with E-state index in [1.165, 1.54) is 5.57 Å². The van der Waals surface area contributed by atoms with Crippen molar-refractivity contribution >= 4 is 17.5 Å². The summed E-state index contributed by atoms with van der Waals surface area (Å²) in [4.78, 5) is 15.0. The summed E-state index contributed by atoms with van der Waals surface area (Å²) in [5, 5.41) is 11.1. The van der Waals surface area contributed by atoms with Gasteiger partial charge in [-0.05, 0) is 48.1 Å². The van der Waals surface area contributed by atoms with Crippen molar-refractivity contribution in [2.45, 2.75) is 33.1 Å². The zero-order valence-corrected chi connectivity index (χ0v) is 11.5. The summed E-state index contributed by atoms with van der Waals surface area (Å²) in [6.07, 6.45) is 4.71. The first-order valence-electron chi connectivity index (χ1n) is 6.49. The maximum Gasteiger partial charge on any atom is 0.273 e. The molecule has 0 radical (unpaired) electrons. The van der Waals surface area contributed by atoms with E-state index in [2.05, 4.69) is 4.99 Å². The lowest BCUT2D eigenvalue weighted by atomic mass is 9.90. The average Bonchev–Trinajstić information content (AvgIpc) is 2.39. The Kier molecular flexibility index (Phi) is 3.79. The molecule has 4 nitrogen and oxygen atoms in total. The van der Waals surface area contributed by atoms with Crippen molar-refractivity contribution in [1.82, 2.24) is 0 Å². The van der Waals surface area contributed by atoms with Crippen molar-refractivity contribution in [2.24, 2.45) is 4.99 Å². The third-order valence-corrected chi connectivity index (χ3v) is 3.43. The van der Waals surface area contributed by atoms with Crippen LogP contribution in [0, 0.1) is 17.0 Å². The van der Waals surface area contributed by atoms with Gasteiger partial charge in [0.2, 0.25) is 0 Å². The lowest BCUT2D eigenvalue weighted by Crippen LogP contribution is -2.03. The Morgan fingerprint density at radius 3 is 2.63 bits per heavy atom. The number of nitro benzene ring substituents is 1. The van der Waals surface area contributed by atoms with E-state index < -0.39 is 0 Å². The molecule has 0 saturated carbocycles. The van der Waals surface area contributed by atoms with Crippen LogP contribution in [0.3, 0.4) is 0 Å².